The molecule has 2 saturated heterocycles. The normalized spacial score (nSPS) is 22.1. The van der Waals surface area contributed by atoms with Crippen LogP contribution in [0.1, 0.15) is 65.1 Å². The molecule has 4 heterocycles. The van der Waals surface area contributed by atoms with Gasteiger partial charge in [-0.3, -0.25) is 14.7 Å². The third-order valence-electron chi connectivity index (χ3n) is 8.58. The SMILES string of the molecule is C=C1CCC(N2Cc3cc(C4CCN(Cc5cccc(N(C)C6=NCCC=N6)c5)CC4)ccc3C2=O)C(=C)N1. The fourth-order valence-electron chi connectivity index (χ4n) is 6.33. The van der Waals surface area contributed by atoms with Gasteiger partial charge >= 0.3 is 0 Å². The molecular weight excluding hydrogens is 484 g/mol. The summed E-state index contributed by atoms with van der Waals surface area (Å²) in [5.41, 5.74) is 7.69. The number of amides is 1. The number of hydrogen-bond acceptors (Lipinski definition) is 6. The summed E-state index contributed by atoms with van der Waals surface area (Å²) in [6.45, 7) is 12.7. The molecule has 0 aromatic heterocycles. The number of carbonyl (C=O) groups is 1. The lowest BCUT2D eigenvalue weighted by Gasteiger charge is -2.34. The Balaban J connectivity index is 1.06. The highest BCUT2D eigenvalue weighted by Gasteiger charge is 2.36. The van der Waals surface area contributed by atoms with Gasteiger partial charge in [0.2, 0.25) is 5.96 Å². The number of fused-ring (bicyclic) bond motifs is 1. The van der Waals surface area contributed by atoms with Crippen LogP contribution in [0.3, 0.4) is 0 Å². The largest absolute Gasteiger partial charge is 0.362 e. The number of nitrogens with zero attached hydrogens (tertiary/aromatic N) is 5. The molecule has 0 aliphatic carbocycles. The van der Waals surface area contributed by atoms with Crippen molar-refractivity contribution in [3.05, 3.63) is 89.3 Å². The molecule has 1 amide bonds. The van der Waals surface area contributed by atoms with Gasteiger partial charge in [-0.25, -0.2) is 4.99 Å². The zero-order valence-corrected chi connectivity index (χ0v) is 22.9. The number of aliphatic imine (C=N–C) groups is 2. The van der Waals surface area contributed by atoms with E-state index in [1.807, 2.05) is 18.2 Å². The van der Waals surface area contributed by atoms with E-state index in [0.717, 1.165) is 92.5 Å². The summed E-state index contributed by atoms with van der Waals surface area (Å²) < 4.78 is 0. The molecule has 0 spiro atoms. The maximum absolute atomic E-state index is 13.2. The second-order valence-corrected chi connectivity index (χ2v) is 11.2. The molecule has 2 aromatic carbocycles. The van der Waals surface area contributed by atoms with Gasteiger partial charge in [-0.1, -0.05) is 37.4 Å². The minimum Gasteiger partial charge on any atom is -0.362 e. The van der Waals surface area contributed by atoms with Crippen LogP contribution in [0.5, 0.6) is 0 Å². The van der Waals surface area contributed by atoms with Crippen LogP contribution in [0.2, 0.25) is 0 Å². The van der Waals surface area contributed by atoms with Crippen LogP contribution < -0.4 is 10.2 Å². The molecule has 1 N–H and O–H groups in total. The zero-order chi connectivity index (χ0) is 26.9. The lowest BCUT2D eigenvalue weighted by atomic mass is 9.87. The third kappa shape index (κ3) is 5.28. The Morgan fingerprint density at radius 2 is 1.95 bits per heavy atom. The number of anilines is 1. The van der Waals surface area contributed by atoms with Gasteiger partial charge in [-0.2, -0.15) is 0 Å². The Kier molecular flexibility index (Phi) is 7.09. The van der Waals surface area contributed by atoms with E-state index in [9.17, 15) is 4.79 Å². The average molecular weight is 523 g/mol. The number of hydrogen-bond donors (Lipinski definition) is 1. The quantitative estimate of drug-likeness (QED) is 0.596. The van der Waals surface area contributed by atoms with Gasteiger partial charge in [0.1, 0.15) is 0 Å². The van der Waals surface area contributed by atoms with Gasteiger partial charge in [-0.05, 0) is 79.6 Å². The van der Waals surface area contributed by atoms with Crippen LogP contribution in [0, 0.1) is 0 Å². The first kappa shape index (κ1) is 25.6. The molecule has 7 nitrogen and oxygen atoms in total. The summed E-state index contributed by atoms with van der Waals surface area (Å²) in [6.07, 6.45) is 6.89. The number of nitrogens with one attached hydrogen (secondary N) is 1. The van der Waals surface area contributed by atoms with Crippen LogP contribution in [0.4, 0.5) is 5.69 Å². The van der Waals surface area contributed by atoms with Crippen LogP contribution in [0.25, 0.3) is 0 Å². The molecule has 6 rings (SSSR count). The number of rotatable bonds is 5. The van der Waals surface area contributed by atoms with Crippen LogP contribution in [-0.2, 0) is 13.1 Å². The van der Waals surface area contributed by atoms with Crippen molar-refractivity contribution >= 4 is 23.8 Å². The Bertz CT molecular complexity index is 1350. The summed E-state index contributed by atoms with van der Waals surface area (Å²) in [6, 6.07) is 15.3. The fraction of sp³-hybridized carbons (Fsp3) is 0.406. The molecule has 1 unspecified atom stereocenters. The van der Waals surface area contributed by atoms with Crippen molar-refractivity contribution in [1.29, 1.82) is 0 Å². The third-order valence-corrected chi connectivity index (χ3v) is 8.58. The molecule has 39 heavy (non-hydrogen) atoms. The first-order chi connectivity index (χ1) is 19.0. The average Bonchev–Trinajstić information content (AvgIpc) is 3.29. The lowest BCUT2D eigenvalue weighted by molar-refractivity contribution is 0.0711. The van der Waals surface area contributed by atoms with Crippen molar-refractivity contribution < 1.29 is 4.79 Å². The minimum absolute atomic E-state index is 0.0313. The topological polar surface area (TPSA) is 63.5 Å². The van der Waals surface area contributed by atoms with E-state index in [4.69, 9.17) is 0 Å². The monoisotopic (exact) mass is 522 g/mol. The number of piperidine rings is 2. The highest BCUT2D eigenvalue weighted by Crippen LogP contribution is 2.35. The van der Waals surface area contributed by atoms with Gasteiger partial charge < -0.3 is 15.1 Å². The van der Waals surface area contributed by atoms with E-state index in [-0.39, 0.29) is 11.9 Å². The second-order valence-electron chi connectivity index (χ2n) is 11.2. The van der Waals surface area contributed by atoms with E-state index in [2.05, 4.69) is 80.7 Å². The molecular formula is C32H38N6O. The zero-order valence-electron chi connectivity index (χ0n) is 22.9. The first-order valence-electron chi connectivity index (χ1n) is 14.2. The minimum atomic E-state index is 0.0313. The van der Waals surface area contributed by atoms with E-state index < -0.39 is 0 Å². The number of carbonyl (C=O) groups excluding carboxylic acids is 1. The molecule has 0 saturated carbocycles. The van der Waals surface area contributed by atoms with Gasteiger partial charge in [0.15, 0.2) is 0 Å². The van der Waals surface area contributed by atoms with Gasteiger partial charge in [0, 0.05) is 62.0 Å². The van der Waals surface area contributed by atoms with Gasteiger partial charge in [0.05, 0.1) is 6.04 Å². The molecule has 0 radical (unpaired) electrons. The molecule has 202 valence electrons. The van der Waals surface area contributed by atoms with Crippen molar-refractivity contribution in [3.63, 3.8) is 0 Å². The number of guanidine groups is 1. The summed E-state index contributed by atoms with van der Waals surface area (Å²) in [4.78, 5) is 28.8. The van der Waals surface area contributed by atoms with Crippen molar-refractivity contribution in [2.24, 2.45) is 9.98 Å². The molecule has 0 bridgehead atoms. The highest BCUT2D eigenvalue weighted by molar-refractivity contribution is 6.01. The number of benzene rings is 2. The Labute approximate surface area is 231 Å². The van der Waals surface area contributed by atoms with Crippen molar-refractivity contribution in [3.8, 4) is 0 Å². The Morgan fingerprint density at radius 3 is 2.72 bits per heavy atom. The molecule has 2 fully saturated rings. The Morgan fingerprint density at radius 1 is 1.10 bits per heavy atom. The predicted molar refractivity (Wildman–Crippen MR) is 158 cm³/mol. The highest BCUT2D eigenvalue weighted by atomic mass is 16.2. The standard InChI is InChI=1S/C32H38N6O/c1-22-8-11-30(23(2)35-22)38-21-27-19-26(9-10-29(27)31(38)39)25-12-16-37(17-13-25)20-24-6-4-7-28(18-24)36(3)32-33-14-5-15-34-32/h4,6-7,9-10,14,18-19,25,30,35H,1-2,5,8,11-13,15-17,20-21H2,3H3. The van der Waals surface area contributed by atoms with E-state index in [1.54, 1.807) is 0 Å². The van der Waals surface area contributed by atoms with Crippen LogP contribution in [0.15, 0.2) is 77.0 Å². The fourth-order valence-corrected chi connectivity index (χ4v) is 6.33. The van der Waals surface area contributed by atoms with Crippen molar-refractivity contribution in [1.82, 2.24) is 15.1 Å². The molecule has 1 atom stereocenters. The molecule has 4 aliphatic rings. The first-order valence-corrected chi connectivity index (χ1v) is 14.2. The van der Waals surface area contributed by atoms with Gasteiger partial charge in [0.25, 0.3) is 5.91 Å². The molecule has 7 heteroatoms. The summed E-state index contributed by atoms with van der Waals surface area (Å²) in [5, 5.41) is 3.26. The molecule has 4 aliphatic heterocycles. The van der Waals surface area contributed by atoms with E-state index in [0.29, 0.717) is 12.5 Å². The molecule has 2 aromatic rings. The maximum atomic E-state index is 13.2. The predicted octanol–water partition coefficient (Wildman–Crippen LogP) is 5.07. The number of likely N-dealkylation sites (tertiary alicyclic amines) is 1. The van der Waals surface area contributed by atoms with Gasteiger partial charge in [-0.15, -0.1) is 0 Å². The maximum Gasteiger partial charge on any atom is 0.255 e. The summed E-state index contributed by atoms with van der Waals surface area (Å²) in [5.74, 6) is 1.44. The second kappa shape index (κ2) is 10.8. The van der Waals surface area contributed by atoms with Crippen molar-refractivity contribution in [2.45, 2.75) is 57.2 Å². The summed E-state index contributed by atoms with van der Waals surface area (Å²) in [7, 11) is 2.04. The lowest BCUT2D eigenvalue weighted by Crippen LogP contribution is -2.43. The Hall–Kier alpha value is -3.71. The van der Waals surface area contributed by atoms with Crippen LogP contribution in [-0.4, -0.2) is 60.6 Å². The smallest absolute Gasteiger partial charge is 0.255 e. The summed E-state index contributed by atoms with van der Waals surface area (Å²) >= 11 is 0. The van der Waals surface area contributed by atoms with E-state index >= 15 is 0 Å². The number of allylic oxidation sites excluding steroid dienone is 1. The van der Waals surface area contributed by atoms with Crippen LogP contribution >= 0.6 is 0 Å². The van der Waals surface area contributed by atoms with E-state index in [1.165, 1.54) is 11.1 Å². The van der Waals surface area contributed by atoms with Crippen molar-refractivity contribution in [2.75, 3.05) is 31.6 Å².